The molecule has 0 spiro atoms. The van der Waals surface area contributed by atoms with Crippen LogP contribution in [0.3, 0.4) is 0 Å². The van der Waals surface area contributed by atoms with E-state index in [1.54, 1.807) is 0 Å². The van der Waals surface area contributed by atoms with Gasteiger partial charge in [-0.05, 0) is 25.9 Å². The van der Waals surface area contributed by atoms with Crippen LogP contribution in [0.2, 0.25) is 0 Å². The lowest BCUT2D eigenvalue weighted by molar-refractivity contribution is 0.419. The molecule has 1 N–H and O–H groups in total. The third-order valence-electron chi connectivity index (χ3n) is 2.80. The smallest absolute Gasteiger partial charge is 0.102 e. The molecular formula is C9H19Cl2N3. The van der Waals surface area contributed by atoms with Gasteiger partial charge in [-0.15, -0.1) is 24.8 Å². The molecule has 0 aromatic carbocycles. The van der Waals surface area contributed by atoms with Gasteiger partial charge < -0.3 is 10.2 Å². The second-order valence-corrected chi connectivity index (χ2v) is 3.69. The molecule has 3 nitrogen and oxygen atoms in total. The predicted octanol–water partition coefficient (Wildman–Crippen LogP) is 1.17. The van der Waals surface area contributed by atoms with Crippen LogP contribution < -0.4 is 5.32 Å². The molecule has 84 valence electrons. The fraction of sp³-hybridized carbons (Fsp3) is 0.889. The van der Waals surface area contributed by atoms with Gasteiger partial charge in [-0.2, -0.15) is 0 Å². The summed E-state index contributed by atoms with van der Waals surface area (Å²) in [6, 6.07) is 0. The van der Waals surface area contributed by atoms with E-state index >= 15 is 0 Å². The van der Waals surface area contributed by atoms with Crippen LogP contribution in [-0.2, 0) is 0 Å². The third-order valence-corrected chi connectivity index (χ3v) is 2.80. The van der Waals surface area contributed by atoms with E-state index in [1.807, 2.05) is 0 Å². The maximum atomic E-state index is 4.56. The van der Waals surface area contributed by atoms with E-state index in [1.165, 1.54) is 18.7 Å². The van der Waals surface area contributed by atoms with Gasteiger partial charge >= 0.3 is 0 Å². The highest BCUT2D eigenvalue weighted by Crippen LogP contribution is 2.17. The zero-order chi connectivity index (χ0) is 8.39. The predicted molar refractivity (Wildman–Crippen MR) is 65.0 cm³/mol. The zero-order valence-corrected chi connectivity index (χ0v) is 10.2. The van der Waals surface area contributed by atoms with Crippen molar-refractivity contribution in [2.75, 3.05) is 33.2 Å². The van der Waals surface area contributed by atoms with Crippen molar-refractivity contribution in [1.29, 1.82) is 0 Å². The number of aliphatic imine (C=N–C) groups is 1. The number of halogens is 2. The monoisotopic (exact) mass is 239 g/mol. The first-order chi connectivity index (χ1) is 5.88. The fourth-order valence-corrected chi connectivity index (χ4v) is 2.07. The normalized spacial score (nSPS) is 22.4. The lowest BCUT2D eigenvalue weighted by Crippen LogP contribution is -2.37. The second kappa shape index (κ2) is 6.49. The molecule has 2 aliphatic rings. The molecule has 1 fully saturated rings. The van der Waals surface area contributed by atoms with E-state index in [0.29, 0.717) is 0 Å². The van der Waals surface area contributed by atoms with Crippen molar-refractivity contribution in [3.63, 3.8) is 0 Å². The molecule has 0 saturated carbocycles. The Hall–Kier alpha value is 0.01000. The molecule has 0 aliphatic carbocycles. The molecule has 0 amide bonds. The lowest BCUT2D eigenvalue weighted by atomic mass is 9.96. The van der Waals surface area contributed by atoms with Gasteiger partial charge in [0.05, 0.1) is 6.54 Å². The Morgan fingerprint density at radius 1 is 1.29 bits per heavy atom. The molecule has 0 aromatic rings. The van der Waals surface area contributed by atoms with Crippen LogP contribution in [-0.4, -0.2) is 44.0 Å². The molecule has 0 aromatic heterocycles. The minimum atomic E-state index is 0. The molecular weight excluding hydrogens is 221 g/mol. The Morgan fingerprint density at radius 2 is 1.93 bits per heavy atom. The average molecular weight is 240 g/mol. The molecule has 0 bridgehead atoms. The van der Waals surface area contributed by atoms with E-state index in [9.17, 15) is 0 Å². The number of hydrogen-bond donors (Lipinski definition) is 1. The third kappa shape index (κ3) is 3.01. The highest BCUT2D eigenvalue weighted by atomic mass is 35.5. The number of nitrogens with zero attached hydrogens (tertiary/aromatic N) is 2. The summed E-state index contributed by atoms with van der Waals surface area (Å²) in [5.74, 6) is 2.09. The van der Waals surface area contributed by atoms with Crippen molar-refractivity contribution in [1.82, 2.24) is 10.2 Å². The summed E-state index contributed by atoms with van der Waals surface area (Å²) in [5.41, 5.74) is 0. The number of piperidine rings is 1. The topological polar surface area (TPSA) is 27.6 Å². The van der Waals surface area contributed by atoms with Gasteiger partial charge in [0.25, 0.3) is 0 Å². The van der Waals surface area contributed by atoms with Crippen LogP contribution in [0, 0.1) is 5.92 Å². The highest BCUT2D eigenvalue weighted by molar-refractivity contribution is 5.86. The Labute approximate surface area is 98.2 Å². The second-order valence-electron chi connectivity index (χ2n) is 3.69. The first-order valence-electron chi connectivity index (χ1n) is 4.84. The quantitative estimate of drug-likeness (QED) is 0.745. The Kier molecular flexibility index (Phi) is 6.49. The van der Waals surface area contributed by atoms with Crippen molar-refractivity contribution in [2.24, 2.45) is 10.9 Å². The van der Waals surface area contributed by atoms with Gasteiger partial charge in [0.15, 0.2) is 0 Å². The van der Waals surface area contributed by atoms with Gasteiger partial charge in [0.2, 0.25) is 0 Å². The van der Waals surface area contributed by atoms with E-state index in [-0.39, 0.29) is 24.8 Å². The van der Waals surface area contributed by atoms with Gasteiger partial charge in [0.1, 0.15) is 5.84 Å². The molecule has 5 heteroatoms. The minimum absolute atomic E-state index is 0. The van der Waals surface area contributed by atoms with Crippen LogP contribution in [0.1, 0.15) is 12.8 Å². The van der Waals surface area contributed by atoms with E-state index in [0.717, 1.165) is 32.1 Å². The molecule has 0 atom stereocenters. The number of hydrogen-bond acceptors (Lipinski definition) is 3. The average Bonchev–Trinajstić information content (AvgIpc) is 2.53. The number of amidine groups is 1. The Bertz CT molecular complexity index is 190. The molecule has 2 rings (SSSR count). The molecule has 1 saturated heterocycles. The van der Waals surface area contributed by atoms with Crippen LogP contribution >= 0.6 is 24.8 Å². The zero-order valence-electron chi connectivity index (χ0n) is 8.53. The van der Waals surface area contributed by atoms with Crippen molar-refractivity contribution >= 4 is 30.6 Å². The SMILES string of the molecule is CN1CCN=C1C1CCNCC1.Cl.Cl. The fourth-order valence-electron chi connectivity index (χ4n) is 2.07. The maximum absolute atomic E-state index is 4.56. The summed E-state index contributed by atoms with van der Waals surface area (Å²) in [7, 11) is 2.16. The summed E-state index contributed by atoms with van der Waals surface area (Å²) in [6.45, 7) is 4.46. The highest BCUT2D eigenvalue weighted by Gasteiger charge is 2.24. The van der Waals surface area contributed by atoms with Gasteiger partial charge in [-0.3, -0.25) is 4.99 Å². The summed E-state index contributed by atoms with van der Waals surface area (Å²) in [5, 5.41) is 3.38. The Balaban J connectivity index is 0.000000845. The molecule has 14 heavy (non-hydrogen) atoms. The van der Waals surface area contributed by atoms with E-state index in [2.05, 4.69) is 22.3 Å². The molecule has 0 radical (unpaired) electrons. The van der Waals surface area contributed by atoms with Crippen molar-refractivity contribution in [3.05, 3.63) is 0 Å². The summed E-state index contributed by atoms with van der Waals surface area (Å²) in [6.07, 6.45) is 2.53. The van der Waals surface area contributed by atoms with Gasteiger partial charge in [0, 0.05) is 19.5 Å². The summed E-state index contributed by atoms with van der Waals surface area (Å²) >= 11 is 0. The van der Waals surface area contributed by atoms with E-state index in [4.69, 9.17) is 0 Å². The number of nitrogens with one attached hydrogen (secondary N) is 1. The van der Waals surface area contributed by atoms with Crippen LogP contribution in [0.25, 0.3) is 0 Å². The van der Waals surface area contributed by atoms with E-state index < -0.39 is 0 Å². The van der Waals surface area contributed by atoms with Crippen LogP contribution in [0.15, 0.2) is 4.99 Å². The van der Waals surface area contributed by atoms with Gasteiger partial charge in [-0.1, -0.05) is 0 Å². The van der Waals surface area contributed by atoms with Crippen molar-refractivity contribution in [3.8, 4) is 0 Å². The number of likely N-dealkylation sites (N-methyl/N-ethyl adjacent to an activating group) is 1. The molecule has 0 unspecified atom stereocenters. The van der Waals surface area contributed by atoms with Gasteiger partial charge in [-0.25, -0.2) is 0 Å². The summed E-state index contributed by atoms with van der Waals surface area (Å²) < 4.78 is 0. The standard InChI is InChI=1S/C9H17N3.2ClH/c1-12-7-6-11-9(12)8-2-4-10-5-3-8;;/h8,10H,2-7H2,1H3;2*1H. The lowest BCUT2D eigenvalue weighted by Gasteiger charge is -2.26. The molecule has 2 aliphatic heterocycles. The number of rotatable bonds is 1. The maximum Gasteiger partial charge on any atom is 0.102 e. The first kappa shape index (κ1) is 14.0. The minimum Gasteiger partial charge on any atom is -0.361 e. The van der Waals surface area contributed by atoms with Crippen LogP contribution in [0.5, 0.6) is 0 Å². The van der Waals surface area contributed by atoms with Crippen molar-refractivity contribution in [2.45, 2.75) is 12.8 Å². The summed E-state index contributed by atoms with van der Waals surface area (Å²) in [4.78, 5) is 6.87. The molecule has 2 heterocycles. The first-order valence-corrected chi connectivity index (χ1v) is 4.84. The van der Waals surface area contributed by atoms with Crippen molar-refractivity contribution < 1.29 is 0 Å². The largest absolute Gasteiger partial charge is 0.361 e. The Morgan fingerprint density at radius 3 is 2.43 bits per heavy atom. The van der Waals surface area contributed by atoms with Crippen LogP contribution in [0.4, 0.5) is 0 Å².